The molecule has 156 valence electrons. The first kappa shape index (κ1) is 19.8. The average Bonchev–Trinajstić information content (AvgIpc) is 3.32. The Labute approximate surface area is 175 Å². The van der Waals surface area contributed by atoms with E-state index in [9.17, 15) is 9.90 Å². The average molecular weight is 419 g/mol. The van der Waals surface area contributed by atoms with E-state index < -0.39 is 0 Å². The van der Waals surface area contributed by atoms with E-state index >= 15 is 0 Å². The van der Waals surface area contributed by atoms with Crippen molar-refractivity contribution in [3.63, 3.8) is 0 Å². The summed E-state index contributed by atoms with van der Waals surface area (Å²) in [7, 11) is 0. The largest absolute Gasteiger partial charge is 0.506 e. The lowest BCUT2D eigenvalue weighted by Crippen LogP contribution is -2.47. The van der Waals surface area contributed by atoms with Gasteiger partial charge in [-0.15, -0.1) is 0 Å². The van der Waals surface area contributed by atoms with Crippen LogP contribution in [0, 0.1) is 0 Å². The molecule has 1 aromatic heterocycles. The normalized spacial score (nSPS) is 17.6. The molecule has 1 aliphatic carbocycles. The molecule has 9 heteroatoms. The summed E-state index contributed by atoms with van der Waals surface area (Å²) in [4.78, 5) is 18.0. The number of phenolic OH excluding ortho intramolecular Hbond substituents is 1. The fourth-order valence-corrected chi connectivity index (χ4v) is 4.17. The molecule has 29 heavy (non-hydrogen) atoms. The summed E-state index contributed by atoms with van der Waals surface area (Å²) in [6.45, 7) is 4.23. The number of benzene rings is 1. The lowest BCUT2D eigenvalue weighted by atomic mass is 10.2. The summed E-state index contributed by atoms with van der Waals surface area (Å²) in [6.07, 6.45) is 4.62. The summed E-state index contributed by atoms with van der Waals surface area (Å²) in [5, 5.41) is 18.5. The number of hydrazine groups is 1. The number of hydrogen-bond donors (Lipinski definition) is 4. The molecule has 0 unspecified atom stereocenters. The van der Waals surface area contributed by atoms with Crippen molar-refractivity contribution in [2.45, 2.75) is 45.2 Å². The number of aromatic hydroxyl groups is 1. The third-order valence-corrected chi connectivity index (χ3v) is 5.80. The van der Waals surface area contributed by atoms with Crippen LogP contribution in [0.15, 0.2) is 18.2 Å². The highest BCUT2D eigenvalue weighted by atomic mass is 35.5. The molecule has 1 saturated carbocycles. The second kappa shape index (κ2) is 8.51. The SMILES string of the molecule is CCN1NCCNc2nc(NC3CCCC3)n(Cc3ccc(O)c(Cl)c3)c2C1=O. The van der Waals surface area contributed by atoms with Crippen molar-refractivity contribution in [2.75, 3.05) is 30.3 Å². The van der Waals surface area contributed by atoms with E-state index in [-0.39, 0.29) is 16.7 Å². The van der Waals surface area contributed by atoms with E-state index in [4.69, 9.17) is 16.6 Å². The number of carbonyl (C=O) groups is 1. The van der Waals surface area contributed by atoms with Gasteiger partial charge < -0.3 is 15.7 Å². The number of nitrogens with zero attached hydrogens (tertiary/aromatic N) is 3. The molecule has 0 bridgehead atoms. The minimum atomic E-state index is -0.119. The van der Waals surface area contributed by atoms with Gasteiger partial charge >= 0.3 is 0 Å². The number of aromatic nitrogens is 2. The van der Waals surface area contributed by atoms with Crippen LogP contribution in [0.1, 0.15) is 48.7 Å². The van der Waals surface area contributed by atoms with E-state index in [0.29, 0.717) is 49.7 Å². The van der Waals surface area contributed by atoms with Crippen LogP contribution >= 0.6 is 11.6 Å². The number of fused-ring (bicyclic) bond motifs is 1. The smallest absolute Gasteiger partial charge is 0.288 e. The molecule has 0 atom stereocenters. The lowest BCUT2D eigenvalue weighted by molar-refractivity contribution is 0.0662. The zero-order chi connectivity index (χ0) is 20.4. The number of nitrogens with one attached hydrogen (secondary N) is 3. The lowest BCUT2D eigenvalue weighted by Gasteiger charge is -2.25. The Hall–Kier alpha value is -2.45. The van der Waals surface area contributed by atoms with Crippen LogP contribution < -0.4 is 16.1 Å². The molecule has 0 radical (unpaired) electrons. The maximum Gasteiger partial charge on any atom is 0.288 e. The minimum absolute atomic E-state index is 0.0415. The maximum atomic E-state index is 13.3. The maximum absolute atomic E-state index is 13.3. The first-order valence-corrected chi connectivity index (χ1v) is 10.6. The Bertz CT molecular complexity index is 893. The number of amides is 1. The molecule has 2 heterocycles. The summed E-state index contributed by atoms with van der Waals surface area (Å²) >= 11 is 6.11. The van der Waals surface area contributed by atoms with Gasteiger partial charge in [-0.2, -0.15) is 4.98 Å². The van der Waals surface area contributed by atoms with Gasteiger partial charge in [0.25, 0.3) is 5.91 Å². The fraction of sp³-hybridized carbons (Fsp3) is 0.500. The topological polar surface area (TPSA) is 94.4 Å². The molecule has 1 aromatic carbocycles. The second-order valence-electron chi connectivity index (χ2n) is 7.51. The quantitative estimate of drug-likeness (QED) is 0.596. The molecular formula is C20H27ClN6O2. The number of carbonyl (C=O) groups excluding carboxylic acids is 1. The van der Waals surface area contributed by atoms with Crippen molar-refractivity contribution >= 4 is 29.3 Å². The summed E-state index contributed by atoms with van der Waals surface area (Å²) < 4.78 is 1.92. The summed E-state index contributed by atoms with van der Waals surface area (Å²) in [5.74, 6) is 1.21. The summed E-state index contributed by atoms with van der Waals surface area (Å²) in [5.41, 5.74) is 4.56. The van der Waals surface area contributed by atoms with Crippen LogP contribution in [0.3, 0.4) is 0 Å². The van der Waals surface area contributed by atoms with Crippen molar-refractivity contribution in [1.29, 1.82) is 0 Å². The third kappa shape index (κ3) is 4.13. The Balaban J connectivity index is 1.76. The number of anilines is 2. The Morgan fingerprint density at radius 1 is 1.31 bits per heavy atom. The molecule has 2 aliphatic rings. The monoisotopic (exact) mass is 418 g/mol. The van der Waals surface area contributed by atoms with Crippen molar-refractivity contribution in [3.8, 4) is 5.75 Å². The number of halogens is 1. The van der Waals surface area contributed by atoms with Gasteiger partial charge in [0.05, 0.1) is 11.6 Å². The Kier molecular flexibility index (Phi) is 5.82. The predicted molar refractivity (Wildman–Crippen MR) is 114 cm³/mol. The van der Waals surface area contributed by atoms with Crippen LogP contribution in [-0.4, -0.2) is 51.2 Å². The van der Waals surface area contributed by atoms with Gasteiger partial charge in [-0.1, -0.05) is 30.5 Å². The highest BCUT2D eigenvalue weighted by Gasteiger charge is 2.29. The van der Waals surface area contributed by atoms with E-state index in [2.05, 4.69) is 16.1 Å². The van der Waals surface area contributed by atoms with Crippen LogP contribution in [0.25, 0.3) is 0 Å². The second-order valence-corrected chi connectivity index (χ2v) is 7.92. The third-order valence-electron chi connectivity index (χ3n) is 5.49. The van der Waals surface area contributed by atoms with Gasteiger partial charge in [-0.25, -0.2) is 5.43 Å². The van der Waals surface area contributed by atoms with Gasteiger partial charge in [0, 0.05) is 25.7 Å². The van der Waals surface area contributed by atoms with Crippen LogP contribution in [0.5, 0.6) is 5.75 Å². The van der Waals surface area contributed by atoms with Crippen LogP contribution in [0.4, 0.5) is 11.8 Å². The first-order valence-electron chi connectivity index (χ1n) is 10.2. The van der Waals surface area contributed by atoms with E-state index in [1.807, 2.05) is 17.6 Å². The molecule has 0 spiro atoms. The molecule has 1 fully saturated rings. The Morgan fingerprint density at radius 2 is 2.10 bits per heavy atom. The van der Waals surface area contributed by atoms with Gasteiger partial charge in [0.15, 0.2) is 11.5 Å². The van der Waals surface area contributed by atoms with Gasteiger partial charge in [0.2, 0.25) is 5.95 Å². The molecule has 8 nitrogen and oxygen atoms in total. The molecule has 1 aliphatic heterocycles. The Morgan fingerprint density at radius 3 is 2.83 bits per heavy atom. The van der Waals surface area contributed by atoms with Crippen LogP contribution in [-0.2, 0) is 6.54 Å². The molecule has 4 N–H and O–H groups in total. The molecular weight excluding hydrogens is 392 g/mol. The van der Waals surface area contributed by atoms with Gasteiger partial charge in [0.1, 0.15) is 5.75 Å². The fourth-order valence-electron chi connectivity index (χ4n) is 3.97. The number of rotatable bonds is 5. The highest BCUT2D eigenvalue weighted by molar-refractivity contribution is 6.32. The molecule has 4 rings (SSSR count). The highest BCUT2D eigenvalue weighted by Crippen LogP contribution is 2.30. The van der Waals surface area contributed by atoms with Crippen molar-refractivity contribution < 1.29 is 9.90 Å². The molecule has 0 saturated heterocycles. The summed E-state index contributed by atoms with van der Waals surface area (Å²) in [6, 6.07) is 5.46. The standard InChI is InChI=1S/C20H27ClN6O2/c1-2-27-19(29)17-18(22-9-10-23-27)25-20(24-14-5-3-4-6-14)26(17)12-13-7-8-16(28)15(21)11-13/h7-8,11,14,22-23,28H,2-6,9-10,12H2,1H3,(H,24,25). The molecule has 1 amide bonds. The van der Waals surface area contributed by atoms with E-state index in [0.717, 1.165) is 18.4 Å². The van der Waals surface area contributed by atoms with E-state index in [1.165, 1.54) is 12.8 Å². The zero-order valence-electron chi connectivity index (χ0n) is 16.5. The first-order chi connectivity index (χ1) is 14.1. The van der Waals surface area contributed by atoms with Crippen molar-refractivity contribution in [3.05, 3.63) is 34.5 Å². The van der Waals surface area contributed by atoms with Crippen molar-refractivity contribution in [1.82, 2.24) is 20.0 Å². The van der Waals surface area contributed by atoms with Crippen molar-refractivity contribution in [2.24, 2.45) is 0 Å². The van der Waals surface area contributed by atoms with Gasteiger partial charge in [-0.05, 0) is 37.5 Å². The molecule has 2 aromatic rings. The zero-order valence-corrected chi connectivity index (χ0v) is 17.3. The van der Waals surface area contributed by atoms with Gasteiger partial charge in [-0.3, -0.25) is 14.4 Å². The number of phenols is 1. The predicted octanol–water partition coefficient (Wildman–Crippen LogP) is 3.04. The number of imidazole rings is 1. The minimum Gasteiger partial charge on any atom is -0.506 e. The van der Waals surface area contributed by atoms with Crippen LogP contribution in [0.2, 0.25) is 5.02 Å². The van der Waals surface area contributed by atoms with E-state index in [1.54, 1.807) is 17.1 Å². The number of hydrogen-bond acceptors (Lipinski definition) is 6.